The molecular weight excluding hydrogens is 435 g/mol. The fourth-order valence-electron chi connectivity index (χ4n) is 3.94. The van der Waals surface area contributed by atoms with Gasteiger partial charge >= 0.3 is 6.18 Å². The summed E-state index contributed by atoms with van der Waals surface area (Å²) in [7, 11) is 0. The minimum atomic E-state index is -4.56. The third kappa shape index (κ3) is 4.25. The minimum absolute atomic E-state index is 0.0236. The molecule has 0 spiro atoms. The van der Waals surface area contributed by atoms with E-state index in [0.717, 1.165) is 16.9 Å². The van der Waals surface area contributed by atoms with E-state index in [9.17, 15) is 26.7 Å². The van der Waals surface area contributed by atoms with Gasteiger partial charge in [-0.05, 0) is 23.8 Å². The van der Waals surface area contributed by atoms with Crippen molar-refractivity contribution in [3.8, 4) is 5.69 Å². The smallest absolute Gasteiger partial charge is 0.366 e. The third-order valence-corrected chi connectivity index (χ3v) is 5.30. The van der Waals surface area contributed by atoms with Crippen LogP contribution in [-0.2, 0) is 6.18 Å². The normalized spacial score (nSPS) is 20.3. The standard InChI is InChI=1S/C20H17F5N6O/c21-19(22)8-14(15(9-19)30-16-5-4-11(10-27-16)20(23,24)25)12-2-1-3-13(18(26)32)17(12)31-28-6-7-29-31/h1-7,10,14-15H,8-9H2,(H2,26,32)(H,27,30). The molecule has 0 radical (unpaired) electrons. The van der Waals surface area contributed by atoms with Crippen LogP contribution >= 0.6 is 0 Å². The van der Waals surface area contributed by atoms with Crippen LogP contribution in [-0.4, -0.2) is 37.8 Å². The molecule has 0 bridgehead atoms. The molecule has 3 aromatic rings. The average Bonchev–Trinajstić information content (AvgIpc) is 3.34. The van der Waals surface area contributed by atoms with Crippen LogP contribution in [0.4, 0.5) is 27.8 Å². The molecule has 1 amide bonds. The number of hydrogen-bond acceptors (Lipinski definition) is 5. The Morgan fingerprint density at radius 3 is 2.44 bits per heavy atom. The second kappa shape index (κ2) is 7.84. The predicted molar refractivity (Wildman–Crippen MR) is 103 cm³/mol. The Morgan fingerprint density at radius 2 is 1.84 bits per heavy atom. The summed E-state index contributed by atoms with van der Waals surface area (Å²) in [5.74, 6) is -4.63. The number of halogens is 5. The second-order valence-electron chi connectivity index (χ2n) is 7.48. The summed E-state index contributed by atoms with van der Waals surface area (Å²) >= 11 is 0. The van der Waals surface area contributed by atoms with Gasteiger partial charge in [0.25, 0.3) is 11.8 Å². The van der Waals surface area contributed by atoms with Gasteiger partial charge in [0.15, 0.2) is 0 Å². The Hall–Kier alpha value is -3.57. The topological polar surface area (TPSA) is 98.7 Å². The average molecular weight is 452 g/mol. The van der Waals surface area contributed by atoms with E-state index in [4.69, 9.17) is 5.73 Å². The second-order valence-corrected chi connectivity index (χ2v) is 7.48. The number of anilines is 1. The van der Waals surface area contributed by atoms with E-state index in [1.54, 1.807) is 6.07 Å². The van der Waals surface area contributed by atoms with Crippen LogP contribution < -0.4 is 11.1 Å². The summed E-state index contributed by atoms with van der Waals surface area (Å²) < 4.78 is 67.2. The molecule has 1 saturated carbocycles. The van der Waals surface area contributed by atoms with Crippen LogP contribution in [0.3, 0.4) is 0 Å². The lowest BCUT2D eigenvalue weighted by atomic mass is 9.90. The van der Waals surface area contributed by atoms with Gasteiger partial charge < -0.3 is 11.1 Å². The Morgan fingerprint density at radius 1 is 1.12 bits per heavy atom. The molecule has 2 heterocycles. The Kier molecular flexibility index (Phi) is 5.31. The summed E-state index contributed by atoms with van der Waals surface area (Å²) in [6.07, 6.45) is -2.32. The number of nitrogens with two attached hydrogens (primary N) is 1. The molecule has 2 unspecified atom stereocenters. The van der Waals surface area contributed by atoms with Gasteiger partial charge in [-0.15, -0.1) is 0 Å². The molecule has 0 aliphatic heterocycles. The van der Waals surface area contributed by atoms with Gasteiger partial charge in [0.1, 0.15) is 11.5 Å². The van der Waals surface area contributed by atoms with Crippen molar-refractivity contribution in [1.29, 1.82) is 0 Å². The molecule has 7 nitrogen and oxygen atoms in total. The number of aromatic nitrogens is 4. The highest BCUT2D eigenvalue weighted by molar-refractivity contribution is 5.97. The molecule has 1 aliphatic rings. The van der Waals surface area contributed by atoms with Crippen LogP contribution in [0.25, 0.3) is 5.69 Å². The molecular formula is C20H17F5N6O. The number of carbonyl (C=O) groups excluding carboxylic acids is 1. The van der Waals surface area contributed by atoms with Gasteiger partial charge in [0.05, 0.1) is 23.5 Å². The number of nitrogens with zero attached hydrogens (tertiary/aromatic N) is 4. The van der Waals surface area contributed by atoms with E-state index in [1.807, 2.05) is 0 Å². The first kappa shape index (κ1) is 21.7. The van der Waals surface area contributed by atoms with Crippen molar-refractivity contribution in [2.24, 2.45) is 5.73 Å². The zero-order valence-electron chi connectivity index (χ0n) is 16.4. The molecule has 1 aliphatic carbocycles. The van der Waals surface area contributed by atoms with Crippen molar-refractivity contribution >= 4 is 11.7 Å². The van der Waals surface area contributed by atoms with E-state index < -0.39 is 48.4 Å². The zero-order chi connectivity index (χ0) is 23.1. The molecule has 2 atom stereocenters. The predicted octanol–water partition coefficient (Wildman–Crippen LogP) is 3.77. The monoisotopic (exact) mass is 452 g/mol. The van der Waals surface area contributed by atoms with Gasteiger partial charge in [-0.3, -0.25) is 4.79 Å². The van der Waals surface area contributed by atoms with E-state index >= 15 is 0 Å². The highest BCUT2D eigenvalue weighted by Crippen LogP contribution is 2.47. The molecule has 3 N–H and O–H groups in total. The summed E-state index contributed by atoms with van der Waals surface area (Å²) in [6, 6.07) is 5.57. The first-order chi connectivity index (χ1) is 15.0. The van der Waals surface area contributed by atoms with Gasteiger partial charge in [0.2, 0.25) is 0 Å². The molecule has 32 heavy (non-hydrogen) atoms. The number of benzene rings is 1. The van der Waals surface area contributed by atoms with Crippen molar-refractivity contribution in [3.05, 3.63) is 65.6 Å². The van der Waals surface area contributed by atoms with Gasteiger partial charge in [-0.25, -0.2) is 13.8 Å². The van der Waals surface area contributed by atoms with Crippen LogP contribution in [0.15, 0.2) is 48.9 Å². The zero-order valence-corrected chi connectivity index (χ0v) is 16.4. The van der Waals surface area contributed by atoms with Gasteiger partial charge in [-0.1, -0.05) is 12.1 Å². The number of pyridine rings is 1. The first-order valence-electron chi connectivity index (χ1n) is 9.52. The number of carbonyl (C=O) groups is 1. The summed E-state index contributed by atoms with van der Waals surface area (Å²) in [6.45, 7) is 0. The molecule has 1 fully saturated rings. The summed E-state index contributed by atoms with van der Waals surface area (Å²) in [4.78, 5) is 16.8. The molecule has 2 aromatic heterocycles. The maximum absolute atomic E-state index is 14.4. The van der Waals surface area contributed by atoms with Gasteiger partial charge in [-0.2, -0.15) is 28.2 Å². The van der Waals surface area contributed by atoms with Crippen LogP contribution in [0, 0.1) is 0 Å². The molecule has 4 rings (SSSR count). The number of rotatable bonds is 5. The maximum Gasteiger partial charge on any atom is 0.417 e. The number of hydrogen-bond donors (Lipinski definition) is 2. The lowest BCUT2D eigenvalue weighted by molar-refractivity contribution is -0.137. The lowest BCUT2D eigenvalue weighted by Crippen LogP contribution is -2.26. The number of amides is 1. The van der Waals surface area contributed by atoms with Gasteiger partial charge in [0, 0.05) is 31.0 Å². The number of alkyl halides is 5. The number of nitrogens with one attached hydrogen (secondary N) is 1. The van der Waals surface area contributed by atoms with E-state index in [-0.39, 0.29) is 17.1 Å². The molecule has 0 saturated heterocycles. The molecule has 1 aromatic carbocycles. The lowest BCUT2D eigenvalue weighted by Gasteiger charge is -2.24. The first-order valence-corrected chi connectivity index (χ1v) is 9.52. The third-order valence-electron chi connectivity index (χ3n) is 5.30. The fourth-order valence-corrected chi connectivity index (χ4v) is 3.94. The molecule has 12 heteroatoms. The highest BCUT2D eigenvalue weighted by atomic mass is 19.4. The quantitative estimate of drug-likeness (QED) is 0.575. The fraction of sp³-hybridized carbons (Fsp3) is 0.300. The maximum atomic E-state index is 14.4. The van der Waals surface area contributed by atoms with E-state index in [0.29, 0.717) is 11.8 Å². The Bertz CT molecular complexity index is 1110. The number of para-hydroxylation sites is 1. The van der Waals surface area contributed by atoms with Crippen molar-refractivity contribution in [1.82, 2.24) is 20.0 Å². The van der Waals surface area contributed by atoms with Crippen molar-refractivity contribution in [2.45, 2.75) is 36.9 Å². The molecule has 168 valence electrons. The van der Waals surface area contributed by atoms with Crippen molar-refractivity contribution in [2.75, 3.05) is 5.32 Å². The Balaban J connectivity index is 1.72. The highest BCUT2D eigenvalue weighted by Gasteiger charge is 2.48. The van der Waals surface area contributed by atoms with Crippen LogP contribution in [0.1, 0.15) is 40.2 Å². The Labute approximate surface area is 178 Å². The van der Waals surface area contributed by atoms with Crippen molar-refractivity contribution < 1.29 is 26.7 Å². The van der Waals surface area contributed by atoms with Crippen molar-refractivity contribution in [3.63, 3.8) is 0 Å². The van der Waals surface area contributed by atoms with E-state index in [2.05, 4.69) is 20.5 Å². The SMILES string of the molecule is NC(=O)c1cccc(C2CC(F)(F)CC2Nc2ccc(C(F)(F)F)cn2)c1-n1nccn1. The van der Waals surface area contributed by atoms with E-state index in [1.165, 1.54) is 24.5 Å². The summed E-state index contributed by atoms with van der Waals surface area (Å²) in [5, 5.41) is 10.8. The van der Waals surface area contributed by atoms with Crippen LogP contribution in [0.2, 0.25) is 0 Å². The largest absolute Gasteiger partial charge is 0.417 e. The summed E-state index contributed by atoms with van der Waals surface area (Å²) in [5.41, 5.74) is 5.13. The van der Waals surface area contributed by atoms with Crippen LogP contribution in [0.5, 0.6) is 0 Å². The number of primary amides is 1. The minimum Gasteiger partial charge on any atom is -0.366 e.